The fourth-order valence-corrected chi connectivity index (χ4v) is 3.64. The van der Waals surface area contributed by atoms with Crippen molar-refractivity contribution in [3.05, 3.63) is 48.3 Å². The molecule has 2 aliphatic rings. The Morgan fingerprint density at radius 2 is 2.12 bits per heavy atom. The summed E-state index contributed by atoms with van der Waals surface area (Å²) in [4.78, 5) is 15.8. The molecule has 0 spiro atoms. The Kier molecular flexibility index (Phi) is 5.28. The quantitative estimate of drug-likeness (QED) is 0.760. The summed E-state index contributed by atoms with van der Waals surface area (Å²) in [5, 5.41) is 19.6. The predicted octanol–water partition coefficient (Wildman–Crippen LogP) is 1.92. The lowest BCUT2D eigenvalue weighted by atomic mass is 9.99. The monoisotopic (exact) mass is 343 g/mol. The van der Waals surface area contributed by atoms with Crippen molar-refractivity contribution < 1.29 is 15.0 Å². The van der Waals surface area contributed by atoms with E-state index in [1.54, 1.807) is 18.2 Å². The maximum absolute atomic E-state index is 11.3. The highest BCUT2D eigenvalue weighted by molar-refractivity contribution is 5.73. The Morgan fingerprint density at radius 1 is 1.28 bits per heavy atom. The number of allylic oxidation sites excluding steroid dienone is 2. The maximum atomic E-state index is 11.3. The largest absolute Gasteiger partial charge is 0.512 e. The molecule has 1 aromatic rings. The van der Waals surface area contributed by atoms with Crippen LogP contribution in [0.2, 0.25) is 0 Å². The van der Waals surface area contributed by atoms with E-state index in [-0.39, 0.29) is 23.7 Å². The SMILES string of the molecule is NC(=O)CCC1CN(C2C=CC=C(O)C2)CCN1c1cccc(O)c1. The van der Waals surface area contributed by atoms with Crippen LogP contribution in [0, 0.1) is 0 Å². The Labute approximate surface area is 147 Å². The number of hydrogen-bond donors (Lipinski definition) is 3. The first-order valence-corrected chi connectivity index (χ1v) is 8.67. The molecule has 1 amide bonds. The summed E-state index contributed by atoms with van der Waals surface area (Å²) in [5.41, 5.74) is 6.31. The summed E-state index contributed by atoms with van der Waals surface area (Å²) in [5.74, 6) is 0.335. The summed E-state index contributed by atoms with van der Waals surface area (Å²) >= 11 is 0. The van der Waals surface area contributed by atoms with Gasteiger partial charge < -0.3 is 20.8 Å². The number of phenols is 1. The fourth-order valence-electron chi connectivity index (χ4n) is 3.64. The number of hydrogen-bond acceptors (Lipinski definition) is 5. The Morgan fingerprint density at radius 3 is 2.84 bits per heavy atom. The first-order valence-electron chi connectivity index (χ1n) is 8.67. The van der Waals surface area contributed by atoms with Gasteiger partial charge in [0.15, 0.2) is 0 Å². The highest BCUT2D eigenvalue weighted by Crippen LogP contribution is 2.28. The minimum Gasteiger partial charge on any atom is -0.512 e. The molecule has 1 aliphatic carbocycles. The smallest absolute Gasteiger partial charge is 0.217 e. The van der Waals surface area contributed by atoms with E-state index in [0.717, 1.165) is 25.3 Å². The van der Waals surface area contributed by atoms with Crippen molar-refractivity contribution >= 4 is 11.6 Å². The number of phenolic OH excluding ortho intramolecular Hbond substituents is 1. The zero-order valence-corrected chi connectivity index (χ0v) is 14.2. The second-order valence-corrected chi connectivity index (χ2v) is 6.68. The molecule has 1 saturated heterocycles. The van der Waals surface area contributed by atoms with Crippen molar-refractivity contribution in [1.29, 1.82) is 0 Å². The molecule has 0 saturated carbocycles. The highest BCUT2D eigenvalue weighted by Gasteiger charge is 2.31. The molecule has 134 valence electrons. The van der Waals surface area contributed by atoms with E-state index >= 15 is 0 Å². The first kappa shape index (κ1) is 17.4. The van der Waals surface area contributed by atoms with Crippen molar-refractivity contribution in [2.45, 2.75) is 31.3 Å². The van der Waals surface area contributed by atoms with Crippen LogP contribution in [-0.4, -0.2) is 52.7 Å². The molecule has 1 aromatic carbocycles. The number of aliphatic hydroxyl groups excluding tert-OH is 1. The van der Waals surface area contributed by atoms with Crippen LogP contribution in [0.4, 0.5) is 5.69 Å². The third kappa shape index (κ3) is 4.33. The summed E-state index contributed by atoms with van der Waals surface area (Å²) in [6.07, 6.45) is 7.34. The number of aliphatic hydroxyl groups is 1. The molecule has 1 heterocycles. The number of carbonyl (C=O) groups is 1. The lowest BCUT2D eigenvalue weighted by Crippen LogP contribution is -2.56. The average molecular weight is 343 g/mol. The maximum Gasteiger partial charge on any atom is 0.217 e. The van der Waals surface area contributed by atoms with Crippen LogP contribution >= 0.6 is 0 Å². The average Bonchev–Trinajstić information content (AvgIpc) is 2.59. The number of carbonyl (C=O) groups excluding carboxylic acids is 1. The van der Waals surface area contributed by atoms with Gasteiger partial charge >= 0.3 is 0 Å². The van der Waals surface area contributed by atoms with E-state index in [0.29, 0.717) is 25.0 Å². The molecule has 2 unspecified atom stereocenters. The highest BCUT2D eigenvalue weighted by atomic mass is 16.3. The molecule has 1 fully saturated rings. The topological polar surface area (TPSA) is 90.0 Å². The Hall–Kier alpha value is -2.47. The first-order chi connectivity index (χ1) is 12.0. The number of amides is 1. The summed E-state index contributed by atoms with van der Waals surface area (Å²) in [6.45, 7) is 2.43. The van der Waals surface area contributed by atoms with Gasteiger partial charge in [0.1, 0.15) is 5.75 Å². The van der Waals surface area contributed by atoms with Crippen LogP contribution in [0.25, 0.3) is 0 Å². The van der Waals surface area contributed by atoms with E-state index in [2.05, 4.69) is 15.9 Å². The van der Waals surface area contributed by atoms with Gasteiger partial charge in [0.25, 0.3) is 0 Å². The van der Waals surface area contributed by atoms with E-state index in [9.17, 15) is 15.0 Å². The Bertz CT molecular complexity index is 686. The number of nitrogens with two attached hydrogens (primary N) is 1. The molecule has 25 heavy (non-hydrogen) atoms. The lowest BCUT2D eigenvalue weighted by Gasteiger charge is -2.45. The molecule has 0 aromatic heterocycles. The number of piperazine rings is 1. The van der Waals surface area contributed by atoms with E-state index in [1.807, 2.05) is 18.2 Å². The van der Waals surface area contributed by atoms with E-state index in [4.69, 9.17) is 5.73 Å². The summed E-state index contributed by atoms with van der Waals surface area (Å²) in [6, 6.07) is 7.51. The number of nitrogens with zero attached hydrogens (tertiary/aromatic N) is 2. The van der Waals surface area contributed by atoms with Gasteiger partial charge in [-0.05, 0) is 24.6 Å². The number of rotatable bonds is 5. The van der Waals surface area contributed by atoms with Gasteiger partial charge in [-0.15, -0.1) is 0 Å². The van der Waals surface area contributed by atoms with Crippen molar-refractivity contribution in [3.8, 4) is 5.75 Å². The van der Waals surface area contributed by atoms with E-state index in [1.165, 1.54) is 0 Å². The van der Waals surface area contributed by atoms with Crippen LogP contribution in [0.15, 0.2) is 48.3 Å². The van der Waals surface area contributed by atoms with Crippen LogP contribution < -0.4 is 10.6 Å². The second kappa shape index (κ2) is 7.61. The summed E-state index contributed by atoms with van der Waals surface area (Å²) in [7, 11) is 0. The lowest BCUT2D eigenvalue weighted by molar-refractivity contribution is -0.118. The van der Waals surface area contributed by atoms with Crippen molar-refractivity contribution in [2.75, 3.05) is 24.5 Å². The molecule has 2 atom stereocenters. The van der Waals surface area contributed by atoms with E-state index < -0.39 is 0 Å². The summed E-state index contributed by atoms with van der Waals surface area (Å²) < 4.78 is 0. The zero-order chi connectivity index (χ0) is 17.8. The molecule has 4 N–H and O–H groups in total. The van der Waals surface area contributed by atoms with Crippen molar-refractivity contribution in [1.82, 2.24) is 4.90 Å². The number of primary amides is 1. The standard InChI is InChI=1S/C19H25N3O3/c20-19(25)8-7-16-13-21(14-3-1-5-17(23)11-14)9-10-22(16)15-4-2-6-18(24)12-15/h1-6,12,14,16,23-24H,7-11,13H2,(H2,20,25). The van der Waals surface area contributed by atoms with Gasteiger partial charge in [-0.3, -0.25) is 9.69 Å². The minimum absolute atomic E-state index is 0.129. The molecular weight excluding hydrogens is 318 g/mol. The van der Waals surface area contributed by atoms with Crippen LogP contribution in [0.5, 0.6) is 5.75 Å². The van der Waals surface area contributed by atoms with Gasteiger partial charge in [0.05, 0.1) is 5.76 Å². The molecule has 0 bridgehead atoms. The van der Waals surface area contributed by atoms with Gasteiger partial charge in [-0.2, -0.15) is 0 Å². The number of anilines is 1. The Balaban J connectivity index is 1.75. The third-order valence-electron chi connectivity index (χ3n) is 4.91. The number of aromatic hydroxyl groups is 1. The third-order valence-corrected chi connectivity index (χ3v) is 4.91. The molecule has 1 aliphatic heterocycles. The zero-order valence-electron chi connectivity index (χ0n) is 14.2. The minimum atomic E-state index is -0.300. The molecule has 6 heteroatoms. The number of benzene rings is 1. The normalized spacial score (nSPS) is 24.2. The van der Waals surface area contributed by atoms with Crippen molar-refractivity contribution in [2.24, 2.45) is 5.73 Å². The second-order valence-electron chi connectivity index (χ2n) is 6.68. The van der Waals surface area contributed by atoms with Crippen LogP contribution in [0.1, 0.15) is 19.3 Å². The van der Waals surface area contributed by atoms with Gasteiger partial charge in [0.2, 0.25) is 5.91 Å². The molecule has 3 rings (SSSR count). The van der Waals surface area contributed by atoms with Gasteiger partial charge in [-0.25, -0.2) is 0 Å². The molecule has 0 radical (unpaired) electrons. The fraction of sp³-hybridized carbons (Fsp3) is 0.421. The van der Waals surface area contributed by atoms with Crippen LogP contribution in [-0.2, 0) is 4.79 Å². The van der Waals surface area contributed by atoms with Crippen LogP contribution in [0.3, 0.4) is 0 Å². The van der Waals surface area contributed by atoms with Gasteiger partial charge in [0, 0.05) is 56.3 Å². The predicted molar refractivity (Wildman–Crippen MR) is 97.5 cm³/mol. The molecular formula is C19H25N3O3. The van der Waals surface area contributed by atoms with Crippen molar-refractivity contribution in [3.63, 3.8) is 0 Å². The van der Waals surface area contributed by atoms with Gasteiger partial charge in [-0.1, -0.05) is 18.2 Å². The molecule has 6 nitrogen and oxygen atoms in total.